The predicted octanol–water partition coefficient (Wildman–Crippen LogP) is 6.41. The minimum absolute atomic E-state index is 0.345. The SMILES string of the molecule is OCCCSCCCCCCCCCCCSc1ccccc1. The van der Waals surface area contributed by atoms with Gasteiger partial charge in [0, 0.05) is 11.5 Å². The van der Waals surface area contributed by atoms with E-state index in [1.54, 1.807) is 0 Å². The molecule has 0 saturated carbocycles. The quantitative estimate of drug-likeness (QED) is 0.274. The van der Waals surface area contributed by atoms with Crippen LogP contribution in [0.25, 0.3) is 0 Å². The van der Waals surface area contributed by atoms with Crippen molar-refractivity contribution in [2.75, 3.05) is 23.9 Å². The van der Waals surface area contributed by atoms with Crippen LogP contribution in [0.15, 0.2) is 35.2 Å². The molecule has 1 nitrogen and oxygen atoms in total. The molecule has 0 radical (unpaired) electrons. The van der Waals surface area contributed by atoms with Crippen LogP contribution < -0.4 is 0 Å². The van der Waals surface area contributed by atoms with Gasteiger partial charge in [0.15, 0.2) is 0 Å². The van der Waals surface area contributed by atoms with E-state index in [1.165, 1.54) is 74.2 Å². The third-order valence-corrected chi connectivity index (χ3v) is 6.14. The summed E-state index contributed by atoms with van der Waals surface area (Å²) in [6.07, 6.45) is 13.5. The highest BCUT2D eigenvalue weighted by atomic mass is 32.2. The summed E-state index contributed by atoms with van der Waals surface area (Å²) in [5.41, 5.74) is 0. The maximum Gasteiger partial charge on any atom is 0.0438 e. The average Bonchev–Trinajstić information content (AvgIpc) is 2.59. The highest BCUT2D eigenvalue weighted by molar-refractivity contribution is 7.99. The Balaban J connectivity index is 1.72. The van der Waals surface area contributed by atoms with Gasteiger partial charge in [0.25, 0.3) is 0 Å². The van der Waals surface area contributed by atoms with E-state index in [0.29, 0.717) is 6.61 Å². The molecule has 0 aromatic heterocycles. The van der Waals surface area contributed by atoms with Gasteiger partial charge < -0.3 is 5.11 Å². The number of aliphatic hydroxyl groups excluding tert-OH is 1. The summed E-state index contributed by atoms with van der Waals surface area (Å²) in [6, 6.07) is 10.7. The van der Waals surface area contributed by atoms with Crippen molar-refractivity contribution in [1.29, 1.82) is 0 Å². The van der Waals surface area contributed by atoms with Gasteiger partial charge >= 0.3 is 0 Å². The molecule has 0 bridgehead atoms. The first-order valence-corrected chi connectivity index (χ1v) is 11.4. The normalized spacial score (nSPS) is 11.0. The molecule has 0 atom stereocenters. The fraction of sp³-hybridized carbons (Fsp3) is 0.700. The molecule has 0 aliphatic rings. The Hall–Kier alpha value is -0.120. The molecule has 0 aliphatic carbocycles. The third-order valence-electron chi connectivity index (χ3n) is 3.89. The second kappa shape index (κ2) is 16.7. The van der Waals surface area contributed by atoms with E-state index in [0.717, 1.165) is 12.2 Å². The molecule has 1 rings (SSSR count). The summed E-state index contributed by atoms with van der Waals surface area (Å²) in [4.78, 5) is 1.40. The molecule has 0 fully saturated rings. The summed E-state index contributed by atoms with van der Waals surface area (Å²) >= 11 is 3.98. The van der Waals surface area contributed by atoms with Gasteiger partial charge in [-0.3, -0.25) is 0 Å². The molecule has 1 aromatic rings. The standard InChI is InChI=1S/C20H34OS2/c21-16-13-18-22-17-11-6-4-2-1-3-5-7-12-19-23-20-14-9-8-10-15-20/h8-10,14-15,21H,1-7,11-13,16-19H2. The number of unbranched alkanes of at least 4 members (excludes halogenated alkanes) is 8. The number of hydrogen-bond donors (Lipinski definition) is 1. The zero-order chi connectivity index (χ0) is 16.4. The Kier molecular flexibility index (Phi) is 15.2. The molecule has 0 heterocycles. The summed E-state index contributed by atoms with van der Waals surface area (Å²) in [6.45, 7) is 0.345. The average molecular weight is 355 g/mol. The Labute approximate surface area is 152 Å². The molecule has 0 unspecified atom stereocenters. The Morgan fingerprint density at radius 1 is 0.609 bits per heavy atom. The molecule has 0 amide bonds. The molecule has 23 heavy (non-hydrogen) atoms. The van der Waals surface area contributed by atoms with Crippen LogP contribution in [0.3, 0.4) is 0 Å². The van der Waals surface area contributed by atoms with E-state index in [9.17, 15) is 0 Å². The third kappa shape index (κ3) is 14.0. The lowest BCUT2D eigenvalue weighted by atomic mass is 10.1. The zero-order valence-corrected chi connectivity index (χ0v) is 16.2. The first kappa shape index (κ1) is 20.9. The summed E-state index contributed by atoms with van der Waals surface area (Å²) < 4.78 is 0. The van der Waals surface area contributed by atoms with E-state index in [4.69, 9.17) is 5.11 Å². The van der Waals surface area contributed by atoms with Crippen LogP contribution in [0.2, 0.25) is 0 Å². The highest BCUT2D eigenvalue weighted by Crippen LogP contribution is 2.19. The van der Waals surface area contributed by atoms with Crippen LogP contribution in [-0.2, 0) is 0 Å². The number of hydrogen-bond acceptors (Lipinski definition) is 3. The first-order valence-electron chi connectivity index (χ1n) is 9.30. The molecule has 132 valence electrons. The largest absolute Gasteiger partial charge is 0.396 e. The van der Waals surface area contributed by atoms with E-state index in [1.807, 2.05) is 23.5 Å². The fourth-order valence-corrected chi connectivity index (χ4v) is 4.40. The summed E-state index contributed by atoms with van der Waals surface area (Å²) in [5, 5.41) is 8.70. The highest BCUT2D eigenvalue weighted by Gasteiger charge is 1.95. The smallest absolute Gasteiger partial charge is 0.0438 e. The second-order valence-corrected chi connectivity index (χ2v) is 8.43. The molecular weight excluding hydrogens is 320 g/mol. The molecule has 1 aromatic carbocycles. The van der Waals surface area contributed by atoms with E-state index in [-0.39, 0.29) is 0 Å². The Bertz CT molecular complexity index is 343. The van der Waals surface area contributed by atoms with Gasteiger partial charge in [-0.05, 0) is 48.7 Å². The maximum atomic E-state index is 8.70. The van der Waals surface area contributed by atoms with Crippen LogP contribution in [0.4, 0.5) is 0 Å². The van der Waals surface area contributed by atoms with Gasteiger partial charge in [0.1, 0.15) is 0 Å². The Morgan fingerprint density at radius 2 is 1.13 bits per heavy atom. The van der Waals surface area contributed by atoms with Gasteiger partial charge in [0.05, 0.1) is 0 Å². The lowest BCUT2D eigenvalue weighted by Gasteiger charge is -2.03. The van der Waals surface area contributed by atoms with Crippen LogP contribution >= 0.6 is 23.5 Å². The van der Waals surface area contributed by atoms with Crippen molar-refractivity contribution < 1.29 is 5.11 Å². The van der Waals surface area contributed by atoms with Gasteiger partial charge in [-0.15, -0.1) is 11.8 Å². The van der Waals surface area contributed by atoms with Crippen molar-refractivity contribution in [3.8, 4) is 0 Å². The number of aliphatic hydroxyl groups is 1. The lowest BCUT2D eigenvalue weighted by molar-refractivity contribution is 0.296. The summed E-state index contributed by atoms with van der Waals surface area (Å²) in [7, 11) is 0. The van der Waals surface area contributed by atoms with Crippen LogP contribution in [0, 0.1) is 0 Å². The maximum absolute atomic E-state index is 8.70. The topological polar surface area (TPSA) is 20.2 Å². The Morgan fingerprint density at radius 3 is 1.74 bits per heavy atom. The van der Waals surface area contributed by atoms with Crippen molar-refractivity contribution in [2.24, 2.45) is 0 Å². The molecule has 0 aliphatic heterocycles. The molecular formula is C20H34OS2. The molecule has 0 saturated heterocycles. The number of rotatable bonds is 16. The predicted molar refractivity (Wildman–Crippen MR) is 108 cm³/mol. The van der Waals surface area contributed by atoms with Crippen LogP contribution in [-0.4, -0.2) is 29.0 Å². The van der Waals surface area contributed by atoms with Crippen LogP contribution in [0.1, 0.15) is 64.2 Å². The van der Waals surface area contributed by atoms with E-state index >= 15 is 0 Å². The second-order valence-electron chi connectivity index (χ2n) is 6.03. The minimum Gasteiger partial charge on any atom is -0.396 e. The lowest BCUT2D eigenvalue weighted by Crippen LogP contribution is -1.88. The number of benzene rings is 1. The van der Waals surface area contributed by atoms with Gasteiger partial charge in [-0.2, -0.15) is 11.8 Å². The minimum atomic E-state index is 0.345. The van der Waals surface area contributed by atoms with Crippen LogP contribution in [0.5, 0.6) is 0 Å². The summed E-state index contributed by atoms with van der Waals surface area (Å²) in [5.74, 6) is 3.66. The zero-order valence-electron chi connectivity index (χ0n) is 14.5. The van der Waals surface area contributed by atoms with Gasteiger partial charge in [-0.25, -0.2) is 0 Å². The molecule has 0 spiro atoms. The number of thioether (sulfide) groups is 2. The van der Waals surface area contributed by atoms with Crippen molar-refractivity contribution in [3.05, 3.63) is 30.3 Å². The fourth-order valence-electron chi connectivity index (χ4n) is 2.52. The van der Waals surface area contributed by atoms with Crippen molar-refractivity contribution in [1.82, 2.24) is 0 Å². The first-order chi connectivity index (χ1) is 11.4. The van der Waals surface area contributed by atoms with Crippen molar-refractivity contribution >= 4 is 23.5 Å². The van der Waals surface area contributed by atoms with E-state index in [2.05, 4.69) is 30.3 Å². The van der Waals surface area contributed by atoms with Gasteiger partial charge in [-0.1, -0.05) is 63.1 Å². The van der Waals surface area contributed by atoms with E-state index < -0.39 is 0 Å². The van der Waals surface area contributed by atoms with Crippen molar-refractivity contribution in [2.45, 2.75) is 69.1 Å². The van der Waals surface area contributed by atoms with Crippen molar-refractivity contribution in [3.63, 3.8) is 0 Å². The molecule has 3 heteroatoms. The molecule has 1 N–H and O–H groups in total. The van der Waals surface area contributed by atoms with Gasteiger partial charge in [0.2, 0.25) is 0 Å². The monoisotopic (exact) mass is 354 g/mol.